The highest BCUT2D eigenvalue weighted by Crippen LogP contribution is 2.19. The van der Waals surface area contributed by atoms with E-state index in [4.69, 9.17) is 5.21 Å². The van der Waals surface area contributed by atoms with Gasteiger partial charge in [0.1, 0.15) is 6.21 Å². The molecule has 7 heteroatoms. The molecule has 0 unspecified atom stereocenters. The lowest BCUT2D eigenvalue weighted by Gasteiger charge is -2.03. The number of carbonyl (C=O) groups excluding carboxylic acids is 1. The van der Waals surface area contributed by atoms with Crippen LogP contribution in [0.4, 0.5) is 18.9 Å². The van der Waals surface area contributed by atoms with Crippen LogP contribution in [-0.4, -0.2) is 17.3 Å². The van der Waals surface area contributed by atoms with E-state index in [1.165, 1.54) is 0 Å². The molecule has 0 aliphatic carbocycles. The Morgan fingerprint density at radius 3 is 2.60 bits per heavy atom. The van der Waals surface area contributed by atoms with E-state index in [1.54, 1.807) is 0 Å². The molecular weight excluding hydrogens is 213 g/mol. The second-order valence-corrected chi connectivity index (χ2v) is 2.46. The number of anilines is 1. The number of hydrogen-bond donors (Lipinski definition) is 2. The number of amides is 1. The molecule has 4 nitrogen and oxygen atoms in total. The van der Waals surface area contributed by atoms with Gasteiger partial charge in [-0.3, -0.25) is 4.79 Å². The maximum Gasteiger partial charge on any atom is 0.270 e. The summed E-state index contributed by atoms with van der Waals surface area (Å²) in [5, 5.41) is 12.2. The monoisotopic (exact) mass is 218 g/mol. The van der Waals surface area contributed by atoms with E-state index < -0.39 is 29.0 Å². The van der Waals surface area contributed by atoms with Crippen molar-refractivity contribution in [3.05, 3.63) is 29.6 Å². The smallest absolute Gasteiger partial charge is 0.270 e. The molecule has 0 spiro atoms. The van der Waals surface area contributed by atoms with Gasteiger partial charge in [-0.2, -0.15) is 0 Å². The highest BCUT2D eigenvalue weighted by atomic mass is 19.2. The lowest BCUT2D eigenvalue weighted by molar-refractivity contribution is -0.110. The molecular formula is C8H5F3N2O2. The van der Waals surface area contributed by atoms with Crippen LogP contribution in [0.2, 0.25) is 0 Å². The van der Waals surface area contributed by atoms with Gasteiger partial charge in [0.15, 0.2) is 17.5 Å². The maximum absolute atomic E-state index is 12.9. The van der Waals surface area contributed by atoms with Crippen LogP contribution >= 0.6 is 0 Å². The van der Waals surface area contributed by atoms with Gasteiger partial charge in [0.25, 0.3) is 5.91 Å². The van der Waals surface area contributed by atoms with E-state index in [2.05, 4.69) is 5.16 Å². The maximum atomic E-state index is 12.9. The largest absolute Gasteiger partial charge is 0.411 e. The Labute approximate surface area is 82.0 Å². The summed E-state index contributed by atoms with van der Waals surface area (Å²) in [7, 11) is 0. The van der Waals surface area contributed by atoms with E-state index >= 15 is 0 Å². The van der Waals surface area contributed by atoms with Crippen molar-refractivity contribution in [3.8, 4) is 0 Å². The second kappa shape index (κ2) is 4.45. The van der Waals surface area contributed by atoms with Gasteiger partial charge in [-0.15, -0.1) is 0 Å². The summed E-state index contributed by atoms with van der Waals surface area (Å²) in [6.45, 7) is 0. The van der Waals surface area contributed by atoms with Gasteiger partial charge in [0, 0.05) is 0 Å². The van der Waals surface area contributed by atoms with E-state index in [0.717, 1.165) is 6.07 Å². The molecule has 0 aromatic heterocycles. The first kappa shape index (κ1) is 11.0. The van der Waals surface area contributed by atoms with E-state index in [0.29, 0.717) is 12.3 Å². The fourth-order valence-corrected chi connectivity index (χ4v) is 0.840. The second-order valence-electron chi connectivity index (χ2n) is 2.46. The molecule has 0 fully saturated rings. The number of hydrogen-bond acceptors (Lipinski definition) is 3. The van der Waals surface area contributed by atoms with E-state index in [-0.39, 0.29) is 0 Å². The van der Waals surface area contributed by atoms with Crippen molar-refractivity contribution in [2.75, 3.05) is 5.32 Å². The van der Waals surface area contributed by atoms with E-state index in [9.17, 15) is 18.0 Å². The average Bonchev–Trinajstić information content (AvgIpc) is 2.20. The third-order valence-corrected chi connectivity index (χ3v) is 1.47. The summed E-state index contributed by atoms with van der Waals surface area (Å²) in [5.74, 6) is -5.54. The fourth-order valence-electron chi connectivity index (χ4n) is 0.840. The van der Waals surface area contributed by atoms with Crippen LogP contribution in [0.1, 0.15) is 0 Å². The molecule has 0 heterocycles. The average molecular weight is 218 g/mol. The van der Waals surface area contributed by atoms with Gasteiger partial charge in [-0.1, -0.05) is 5.16 Å². The number of carbonyl (C=O) groups is 1. The number of halogens is 3. The molecule has 0 saturated heterocycles. The third-order valence-electron chi connectivity index (χ3n) is 1.47. The van der Waals surface area contributed by atoms with Crippen LogP contribution in [0.3, 0.4) is 0 Å². The van der Waals surface area contributed by atoms with Crippen LogP contribution in [-0.2, 0) is 4.79 Å². The molecule has 1 aromatic rings. The van der Waals surface area contributed by atoms with Crippen molar-refractivity contribution < 1.29 is 23.2 Å². The number of nitrogens with one attached hydrogen (secondary N) is 1. The first-order chi connectivity index (χ1) is 7.06. The zero-order chi connectivity index (χ0) is 11.4. The summed E-state index contributed by atoms with van der Waals surface area (Å²) in [6, 6.07) is 1.50. The summed E-state index contributed by atoms with van der Waals surface area (Å²) in [6.07, 6.45) is 0.445. The minimum atomic E-state index is -1.69. The zero-order valence-electron chi connectivity index (χ0n) is 7.17. The van der Waals surface area contributed by atoms with Crippen LogP contribution < -0.4 is 5.32 Å². The Morgan fingerprint density at radius 2 is 2.00 bits per heavy atom. The van der Waals surface area contributed by atoms with E-state index in [1.807, 2.05) is 5.32 Å². The Kier molecular flexibility index (Phi) is 3.27. The SMILES string of the molecule is O=C(/C=N\O)Nc1ccc(F)c(F)c1F. The van der Waals surface area contributed by atoms with Crippen molar-refractivity contribution in [1.29, 1.82) is 0 Å². The molecule has 2 N–H and O–H groups in total. The molecule has 0 bridgehead atoms. The zero-order valence-corrected chi connectivity index (χ0v) is 7.17. The lowest BCUT2D eigenvalue weighted by atomic mass is 10.3. The molecule has 0 aliphatic rings. The first-order valence-corrected chi connectivity index (χ1v) is 3.68. The predicted molar refractivity (Wildman–Crippen MR) is 45.2 cm³/mol. The standard InChI is InChI=1S/C8H5F3N2O2/c9-4-1-2-5(8(11)7(4)10)13-6(14)3-12-15/h1-3,15H,(H,13,14)/b12-3-. The molecule has 0 saturated carbocycles. The number of nitrogens with zero attached hydrogens (tertiary/aromatic N) is 1. The van der Waals surface area contributed by atoms with Gasteiger partial charge in [-0.25, -0.2) is 13.2 Å². The molecule has 0 aliphatic heterocycles. The third kappa shape index (κ3) is 2.46. The Bertz CT molecular complexity index is 421. The molecule has 0 radical (unpaired) electrons. The molecule has 0 atom stereocenters. The Hall–Kier alpha value is -2.05. The van der Waals surface area contributed by atoms with Gasteiger partial charge < -0.3 is 10.5 Å². The predicted octanol–water partition coefficient (Wildman–Crippen LogP) is 1.50. The molecule has 15 heavy (non-hydrogen) atoms. The van der Waals surface area contributed by atoms with Crippen LogP contribution in [0, 0.1) is 17.5 Å². The normalized spacial score (nSPS) is 10.6. The quantitative estimate of drug-likeness (QED) is 0.342. The van der Waals surface area contributed by atoms with Crippen molar-refractivity contribution in [1.82, 2.24) is 0 Å². The summed E-state index contributed by atoms with van der Waals surface area (Å²) < 4.78 is 38.0. The number of benzene rings is 1. The summed E-state index contributed by atoms with van der Waals surface area (Å²) >= 11 is 0. The van der Waals surface area contributed by atoms with Gasteiger partial charge in [0.05, 0.1) is 5.69 Å². The molecule has 1 rings (SSSR count). The highest BCUT2D eigenvalue weighted by Gasteiger charge is 2.14. The van der Waals surface area contributed by atoms with Gasteiger partial charge in [-0.05, 0) is 12.1 Å². The lowest BCUT2D eigenvalue weighted by Crippen LogP contribution is -2.14. The summed E-state index contributed by atoms with van der Waals surface area (Å²) in [5.41, 5.74) is -0.543. The number of oxime groups is 1. The first-order valence-electron chi connectivity index (χ1n) is 3.68. The van der Waals surface area contributed by atoms with Crippen LogP contribution in [0.5, 0.6) is 0 Å². The van der Waals surface area contributed by atoms with Crippen LogP contribution in [0.15, 0.2) is 17.3 Å². The topological polar surface area (TPSA) is 61.7 Å². The highest BCUT2D eigenvalue weighted by molar-refractivity contribution is 6.31. The minimum absolute atomic E-state index is 0.445. The minimum Gasteiger partial charge on any atom is -0.411 e. The van der Waals surface area contributed by atoms with Crippen molar-refractivity contribution in [3.63, 3.8) is 0 Å². The molecule has 1 aromatic carbocycles. The fraction of sp³-hybridized carbons (Fsp3) is 0. The molecule has 80 valence electrons. The summed E-state index contributed by atoms with van der Waals surface area (Å²) in [4.78, 5) is 10.8. The van der Waals surface area contributed by atoms with Gasteiger partial charge in [0.2, 0.25) is 0 Å². The molecule has 1 amide bonds. The Balaban J connectivity index is 2.97. The van der Waals surface area contributed by atoms with Gasteiger partial charge >= 0.3 is 0 Å². The van der Waals surface area contributed by atoms with Crippen molar-refractivity contribution in [2.24, 2.45) is 5.16 Å². The number of rotatable bonds is 2. The van der Waals surface area contributed by atoms with Crippen molar-refractivity contribution in [2.45, 2.75) is 0 Å². The van der Waals surface area contributed by atoms with Crippen LogP contribution in [0.25, 0.3) is 0 Å². The Morgan fingerprint density at radius 1 is 1.33 bits per heavy atom. The van der Waals surface area contributed by atoms with Crippen molar-refractivity contribution >= 4 is 17.8 Å².